The molecule has 0 spiro atoms. The van der Waals surface area contributed by atoms with Crippen LogP contribution in [0, 0.1) is 11.3 Å². The smallest absolute Gasteiger partial charge is 0.338 e. The van der Waals surface area contributed by atoms with Gasteiger partial charge in [0.05, 0.1) is 23.8 Å². The van der Waals surface area contributed by atoms with Gasteiger partial charge in [0, 0.05) is 7.11 Å². The van der Waals surface area contributed by atoms with Crippen LogP contribution in [0.2, 0.25) is 0 Å². The van der Waals surface area contributed by atoms with Crippen LogP contribution in [0.4, 0.5) is 0 Å². The third-order valence-electron chi connectivity index (χ3n) is 2.95. The summed E-state index contributed by atoms with van der Waals surface area (Å²) in [5, 5.41) is 8.71. The highest BCUT2D eigenvalue weighted by Crippen LogP contribution is 2.10. The summed E-state index contributed by atoms with van der Waals surface area (Å²) in [4.78, 5) is 11.9. The van der Waals surface area contributed by atoms with Crippen LogP contribution in [-0.4, -0.2) is 13.1 Å². The van der Waals surface area contributed by atoms with Crippen LogP contribution in [0.25, 0.3) is 0 Å². The van der Waals surface area contributed by atoms with E-state index in [-0.39, 0.29) is 12.6 Å². The first kappa shape index (κ1) is 14.8. The Hall–Kier alpha value is -2.64. The van der Waals surface area contributed by atoms with Crippen molar-refractivity contribution in [2.45, 2.75) is 13.2 Å². The zero-order chi connectivity index (χ0) is 15.1. The number of hydrogen-bond donors (Lipinski definition) is 0. The summed E-state index contributed by atoms with van der Waals surface area (Å²) in [6.07, 6.45) is 0. The molecule has 0 saturated carbocycles. The number of nitrogens with zero attached hydrogens (tertiary/aromatic N) is 1. The first-order valence-electron chi connectivity index (χ1n) is 6.47. The first-order chi connectivity index (χ1) is 10.2. The Labute approximate surface area is 123 Å². The number of carbonyl (C=O) groups is 1. The molecule has 0 amide bonds. The van der Waals surface area contributed by atoms with Gasteiger partial charge in [0.2, 0.25) is 0 Å². The van der Waals surface area contributed by atoms with E-state index in [1.54, 1.807) is 43.5 Å². The zero-order valence-electron chi connectivity index (χ0n) is 11.7. The van der Waals surface area contributed by atoms with Gasteiger partial charge in [-0.2, -0.15) is 5.26 Å². The van der Waals surface area contributed by atoms with Gasteiger partial charge < -0.3 is 9.47 Å². The van der Waals surface area contributed by atoms with Gasteiger partial charge in [0.15, 0.2) is 0 Å². The molecule has 0 N–H and O–H groups in total. The minimum atomic E-state index is -0.372. The Morgan fingerprint density at radius 3 is 2.14 bits per heavy atom. The summed E-state index contributed by atoms with van der Waals surface area (Å²) < 4.78 is 10.2. The topological polar surface area (TPSA) is 59.3 Å². The Morgan fingerprint density at radius 2 is 1.57 bits per heavy atom. The second-order valence-corrected chi connectivity index (χ2v) is 4.51. The molecule has 106 valence electrons. The van der Waals surface area contributed by atoms with E-state index in [4.69, 9.17) is 14.7 Å². The number of methoxy groups -OCH3 is 1. The first-order valence-corrected chi connectivity index (χ1v) is 6.47. The number of carbonyl (C=O) groups excluding carboxylic acids is 1. The van der Waals surface area contributed by atoms with Crippen LogP contribution in [0.15, 0.2) is 48.5 Å². The number of hydrogen-bond acceptors (Lipinski definition) is 4. The molecule has 0 radical (unpaired) electrons. The third kappa shape index (κ3) is 4.16. The predicted molar refractivity (Wildman–Crippen MR) is 77.4 cm³/mol. The SMILES string of the molecule is COCc1ccc(C(=O)OCc2ccc(C#N)cc2)cc1. The maximum absolute atomic E-state index is 11.9. The van der Waals surface area contributed by atoms with Gasteiger partial charge in [-0.15, -0.1) is 0 Å². The molecule has 0 aromatic heterocycles. The monoisotopic (exact) mass is 281 g/mol. The van der Waals surface area contributed by atoms with Crippen molar-refractivity contribution in [3.8, 4) is 6.07 Å². The molecule has 4 nitrogen and oxygen atoms in total. The van der Waals surface area contributed by atoms with Crippen LogP contribution < -0.4 is 0 Å². The number of nitriles is 1. The molecule has 0 atom stereocenters. The lowest BCUT2D eigenvalue weighted by molar-refractivity contribution is 0.0472. The second-order valence-electron chi connectivity index (χ2n) is 4.51. The summed E-state index contributed by atoms with van der Waals surface area (Å²) in [6, 6.07) is 16.1. The molecular formula is C17H15NO3. The summed E-state index contributed by atoms with van der Waals surface area (Å²) in [6.45, 7) is 0.699. The van der Waals surface area contributed by atoms with E-state index in [9.17, 15) is 4.79 Å². The Kier molecular flexibility index (Phi) is 5.08. The van der Waals surface area contributed by atoms with E-state index in [0.29, 0.717) is 17.7 Å². The van der Waals surface area contributed by atoms with Crippen LogP contribution in [0.3, 0.4) is 0 Å². The normalized spacial score (nSPS) is 9.90. The van der Waals surface area contributed by atoms with Crippen molar-refractivity contribution in [2.24, 2.45) is 0 Å². The van der Waals surface area contributed by atoms with E-state index in [1.165, 1.54) is 0 Å². The zero-order valence-corrected chi connectivity index (χ0v) is 11.7. The van der Waals surface area contributed by atoms with Crippen molar-refractivity contribution < 1.29 is 14.3 Å². The summed E-state index contributed by atoms with van der Waals surface area (Å²) in [5.41, 5.74) is 2.93. The molecule has 0 unspecified atom stereocenters. The van der Waals surface area contributed by atoms with Crippen molar-refractivity contribution in [1.29, 1.82) is 5.26 Å². The van der Waals surface area contributed by atoms with E-state index in [1.807, 2.05) is 18.2 Å². The maximum Gasteiger partial charge on any atom is 0.338 e. The molecule has 2 aromatic rings. The van der Waals surface area contributed by atoms with Gasteiger partial charge in [-0.3, -0.25) is 0 Å². The molecule has 0 bridgehead atoms. The predicted octanol–water partition coefficient (Wildman–Crippen LogP) is 3.06. The number of rotatable bonds is 5. The Balaban J connectivity index is 1.93. The number of esters is 1. The molecular weight excluding hydrogens is 266 g/mol. The molecule has 0 saturated heterocycles. The van der Waals surface area contributed by atoms with Gasteiger partial charge >= 0.3 is 5.97 Å². The van der Waals surface area contributed by atoms with Crippen LogP contribution in [0.1, 0.15) is 27.0 Å². The van der Waals surface area contributed by atoms with Crippen molar-refractivity contribution in [3.63, 3.8) is 0 Å². The second kappa shape index (κ2) is 7.22. The molecule has 0 heterocycles. The fraction of sp³-hybridized carbons (Fsp3) is 0.176. The van der Waals surface area contributed by atoms with Gasteiger partial charge in [0.1, 0.15) is 6.61 Å². The molecule has 0 aliphatic rings. The molecule has 2 rings (SSSR count). The number of benzene rings is 2. The minimum Gasteiger partial charge on any atom is -0.457 e. The van der Waals surface area contributed by atoms with Crippen molar-refractivity contribution in [1.82, 2.24) is 0 Å². The molecule has 0 fully saturated rings. The largest absolute Gasteiger partial charge is 0.457 e. The van der Waals surface area contributed by atoms with Crippen molar-refractivity contribution in [2.75, 3.05) is 7.11 Å². The van der Waals surface area contributed by atoms with E-state index in [2.05, 4.69) is 0 Å². The summed E-state index contributed by atoms with van der Waals surface area (Å²) in [7, 11) is 1.62. The highest BCUT2D eigenvalue weighted by atomic mass is 16.5. The van der Waals surface area contributed by atoms with Gasteiger partial charge in [-0.25, -0.2) is 4.79 Å². The fourth-order valence-corrected chi connectivity index (χ4v) is 1.81. The fourth-order valence-electron chi connectivity index (χ4n) is 1.81. The molecule has 0 aliphatic heterocycles. The lowest BCUT2D eigenvalue weighted by Gasteiger charge is -2.06. The van der Waals surface area contributed by atoms with E-state index < -0.39 is 0 Å². The van der Waals surface area contributed by atoms with Crippen molar-refractivity contribution >= 4 is 5.97 Å². The van der Waals surface area contributed by atoms with E-state index in [0.717, 1.165) is 11.1 Å². The summed E-state index contributed by atoms with van der Waals surface area (Å²) in [5.74, 6) is -0.372. The molecule has 4 heteroatoms. The quantitative estimate of drug-likeness (QED) is 0.790. The molecule has 0 aliphatic carbocycles. The van der Waals surface area contributed by atoms with Gasteiger partial charge in [-0.05, 0) is 35.4 Å². The Bertz CT molecular complexity index is 639. The van der Waals surface area contributed by atoms with Gasteiger partial charge in [-0.1, -0.05) is 24.3 Å². The minimum absolute atomic E-state index is 0.185. The lowest BCUT2D eigenvalue weighted by Crippen LogP contribution is -2.05. The van der Waals surface area contributed by atoms with Crippen molar-refractivity contribution in [3.05, 3.63) is 70.8 Å². The highest BCUT2D eigenvalue weighted by Gasteiger charge is 2.07. The average Bonchev–Trinajstić information content (AvgIpc) is 2.54. The third-order valence-corrected chi connectivity index (χ3v) is 2.95. The van der Waals surface area contributed by atoms with E-state index >= 15 is 0 Å². The van der Waals surface area contributed by atoms with Crippen LogP contribution >= 0.6 is 0 Å². The molecule has 21 heavy (non-hydrogen) atoms. The van der Waals surface area contributed by atoms with Gasteiger partial charge in [0.25, 0.3) is 0 Å². The van der Waals surface area contributed by atoms with Crippen LogP contribution in [-0.2, 0) is 22.7 Å². The maximum atomic E-state index is 11.9. The standard InChI is InChI=1S/C17H15NO3/c1-20-11-14-6-8-16(9-7-14)17(19)21-12-15-4-2-13(10-18)3-5-15/h2-9H,11-12H2,1H3. The Morgan fingerprint density at radius 1 is 1.00 bits per heavy atom. The molecule has 2 aromatic carbocycles. The highest BCUT2D eigenvalue weighted by molar-refractivity contribution is 5.89. The lowest BCUT2D eigenvalue weighted by atomic mass is 10.1. The summed E-state index contributed by atoms with van der Waals surface area (Å²) >= 11 is 0. The van der Waals surface area contributed by atoms with Crippen LogP contribution in [0.5, 0.6) is 0 Å². The average molecular weight is 281 g/mol. The number of ether oxygens (including phenoxy) is 2.